The maximum Gasteiger partial charge on any atom is 0.410 e. The third-order valence-corrected chi connectivity index (χ3v) is 4.07. The lowest BCUT2D eigenvalue weighted by Crippen LogP contribution is -2.48. The molecule has 0 radical (unpaired) electrons. The minimum Gasteiger partial charge on any atom is -0.447 e. The molecule has 2 aromatic rings. The summed E-state index contributed by atoms with van der Waals surface area (Å²) in [6.45, 7) is 9.19. The second-order valence-electron chi connectivity index (χ2n) is 6.58. The first-order valence-corrected chi connectivity index (χ1v) is 8.59. The van der Waals surface area contributed by atoms with Gasteiger partial charge in [-0.1, -0.05) is 22.9 Å². The van der Waals surface area contributed by atoms with E-state index in [0.717, 1.165) is 24.2 Å². The average molecular weight is 344 g/mol. The molecule has 3 rings (SSSR count). The highest BCUT2D eigenvalue weighted by Crippen LogP contribution is 2.19. The number of rotatable bonds is 4. The first-order chi connectivity index (χ1) is 12.0. The molecule has 1 aromatic heterocycles. The van der Waals surface area contributed by atoms with Gasteiger partial charge < -0.3 is 14.2 Å². The highest BCUT2D eigenvalue weighted by molar-refractivity contribution is 5.67. The number of piperazine rings is 1. The number of ether oxygens (including phenoxy) is 1. The molecule has 25 heavy (non-hydrogen) atoms. The average Bonchev–Trinajstić information content (AvgIpc) is 3.03. The van der Waals surface area contributed by atoms with E-state index in [2.05, 4.69) is 15.0 Å². The van der Waals surface area contributed by atoms with Crippen LogP contribution in [0.25, 0.3) is 11.5 Å². The fourth-order valence-corrected chi connectivity index (χ4v) is 2.78. The number of nitrogens with zero attached hydrogens (tertiary/aromatic N) is 4. The fourth-order valence-electron chi connectivity index (χ4n) is 2.78. The number of aryl methyl sites for hydroxylation is 1. The second kappa shape index (κ2) is 7.65. The first kappa shape index (κ1) is 17.4. The Morgan fingerprint density at radius 2 is 2.04 bits per heavy atom. The molecule has 1 fully saturated rings. The summed E-state index contributed by atoms with van der Waals surface area (Å²) < 4.78 is 10.6. The zero-order valence-electron chi connectivity index (χ0n) is 14.9. The van der Waals surface area contributed by atoms with E-state index < -0.39 is 0 Å². The molecule has 0 saturated carbocycles. The van der Waals surface area contributed by atoms with E-state index in [1.807, 2.05) is 45.0 Å². The van der Waals surface area contributed by atoms with Crippen LogP contribution in [0, 0.1) is 6.92 Å². The molecule has 1 amide bonds. The topological polar surface area (TPSA) is 71.7 Å². The summed E-state index contributed by atoms with van der Waals surface area (Å²) in [5.41, 5.74) is 2.08. The molecular weight excluding hydrogens is 320 g/mol. The number of benzene rings is 1. The van der Waals surface area contributed by atoms with Crippen molar-refractivity contribution in [2.45, 2.75) is 33.4 Å². The minimum atomic E-state index is -0.240. The van der Waals surface area contributed by atoms with Gasteiger partial charge in [0.05, 0.1) is 12.6 Å². The van der Waals surface area contributed by atoms with Crippen molar-refractivity contribution < 1.29 is 14.1 Å². The maximum atomic E-state index is 11.9. The summed E-state index contributed by atoms with van der Waals surface area (Å²) in [6, 6.07) is 7.99. The van der Waals surface area contributed by atoms with Gasteiger partial charge >= 0.3 is 6.09 Å². The van der Waals surface area contributed by atoms with Gasteiger partial charge in [0.2, 0.25) is 0 Å². The van der Waals surface area contributed by atoms with Crippen molar-refractivity contribution in [1.29, 1.82) is 0 Å². The molecule has 0 atom stereocenters. The van der Waals surface area contributed by atoms with Gasteiger partial charge in [-0.2, -0.15) is 4.98 Å². The number of hydrogen-bond acceptors (Lipinski definition) is 6. The van der Waals surface area contributed by atoms with E-state index in [1.54, 1.807) is 4.90 Å². The van der Waals surface area contributed by atoms with Crippen molar-refractivity contribution in [2.24, 2.45) is 0 Å². The van der Waals surface area contributed by atoms with E-state index in [1.165, 1.54) is 0 Å². The molecular formula is C18H24N4O3. The Bertz CT molecular complexity index is 721. The fraction of sp³-hybridized carbons (Fsp3) is 0.500. The number of amides is 1. The SMILES string of the molecule is Cc1cccc(-c2nc(CN3CCN(C(=O)OC(C)C)CC3)no2)c1. The molecule has 0 spiro atoms. The monoisotopic (exact) mass is 344 g/mol. The van der Waals surface area contributed by atoms with Crippen LogP contribution >= 0.6 is 0 Å². The molecule has 134 valence electrons. The van der Waals surface area contributed by atoms with E-state index in [4.69, 9.17) is 9.26 Å². The Labute approximate surface area is 147 Å². The predicted octanol–water partition coefficient (Wildman–Crippen LogP) is 2.71. The van der Waals surface area contributed by atoms with Crippen molar-refractivity contribution in [3.63, 3.8) is 0 Å². The molecule has 7 heteroatoms. The van der Waals surface area contributed by atoms with Gasteiger partial charge in [0, 0.05) is 31.7 Å². The Hall–Kier alpha value is -2.41. The molecule has 1 aliphatic heterocycles. The second-order valence-corrected chi connectivity index (χ2v) is 6.58. The zero-order valence-corrected chi connectivity index (χ0v) is 14.9. The van der Waals surface area contributed by atoms with Crippen molar-refractivity contribution in [1.82, 2.24) is 19.9 Å². The van der Waals surface area contributed by atoms with Crippen LogP contribution in [0.15, 0.2) is 28.8 Å². The van der Waals surface area contributed by atoms with Gasteiger partial charge in [0.25, 0.3) is 5.89 Å². The smallest absolute Gasteiger partial charge is 0.410 e. The molecule has 2 heterocycles. The van der Waals surface area contributed by atoms with E-state index in [9.17, 15) is 4.79 Å². The summed E-state index contributed by atoms with van der Waals surface area (Å²) in [6.07, 6.45) is -0.333. The molecule has 7 nitrogen and oxygen atoms in total. The number of carbonyl (C=O) groups is 1. The zero-order chi connectivity index (χ0) is 17.8. The minimum absolute atomic E-state index is 0.0927. The standard InChI is InChI=1S/C18H24N4O3/c1-13(2)24-18(23)22-9-7-21(8-10-22)12-16-19-17(25-20-16)15-6-4-5-14(3)11-15/h4-6,11,13H,7-10,12H2,1-3H3. The van der Waals surface area contributed by atoms with Crippen LogP contribution in [-0.2, 0) is 11.3 Å². The van der Waals surface area contributed by atoms with Gasteiger partial charge in [0.15, 0.2) is 5.82 Å². The Balaban J connectivity index is 1.54. The molecule has 0 unspecified atom stereocenters. The lowest BCUT2D eigenvalue weighted by Gasteiger charge is -2.33. The van der Waals surface area contributed by atoms with Crippen LogP contribution in [0.2, 0.25) is 0 Å². The van der Waals surface area contributed by atoms with Crippen LogP contribution in [0.4, 0.5) is 4.79 Å². The van der Waals surface area contributed by atoms with E-state index in [0.29, 0.717) is 31.3 Å². The normalized spacial score (nSPS) is 15.6. The molecule has 0 bridgehead atoms. The van der Waals surface area contributed by atoms with E-state index >= 15 is 0 Å². The van der Waals surface area contributed by atoms with Gasteiger partial charge in [-0.15, -0.1) is 0 Å². The summed E-state index contributed by atoms with van der Waals surface area (Å²) in [7, 11) is 0. The summed E-state index contributed by atoms with van der Waals surface area (Å²) in [5.74, 6) is 1.20. The third kappa shape index (κ3) is 4.57. The Morgan fingerprint density at radius 3 is 2.72 bits per heavy atom. The van der Waals surface area contributed by atoms with Gasteiger partial charge in [-0.05, 0) is 32.9 Å². The van der Waals surface area contributed by atoms with Crippen molar-refractivity contribution in [3.05, 3.63) is 35.7 Å². The van der Waals surface area contributed by atoms with Crippen molar-refractivity contribution in [3.8, 4) is 11.5 Å². The number of aromatic nitrogens is 2. The molecule has 0 N–H and O–H groups in total. The van der Waals surface area contributed by atoms with Gasteiger partial charge in [-0.3, -0.25) is 4.90 Å². The molecule has 0 aliphatic carbocycles. The van der Waals surface area contributed by atoms with Crippen LogP contribution in [0.1, 0.15) is 25.2 Å². The molecule has 1 saturated heterocycles. The van der Waals surface area contributed by atoms with Crippen LogP contribution in [-0.4, -0.2) is 58.3 Å². The lowest BCUT2D eigenvalue weighted by molar-refractivity contribution is 0.0553. The van der Waals surface area contributed by atoms with Gasteiger partial charge in [0.1, 0.15) is 0 Å². The number of carbonyl (C=O) groups excluding carboxylic acids is 1. The van der Waals surface area contributed by atoms with Crippen LogP contribution in [0.5, 0.6) is 0 Å². The van der Waals surface area contributed by atoms with Crippen LogP contribution in [0.3, 0.4) is 0 Å². The van der Waals surface area contributed by atoms with Crippen LogP contribution < -0.4 is 0 Å². The summed E-state index contributed by atoms with van der Waals surface area (Å²) >= 11 is 0. The van der Waals surface area contributed by atoms with E-state index in [-0.39, 0.29) is 12.2 Å². The van der Waals surface area contributed by atoms with Gasteiger partial charge in [-0.25, -0.2) is 4.79 Å². The highest BCUT2D eigenvalue weighted by atomic mass is 16.6. The first-order valence-electron chi connectivity index (χ1n) is 8.59. The van der Waals surface area contributed by atoms with Crippen molar-refractivity contribution >= 4 is 6.09 Å². The van der Waals surface area contributed by atoms with Crippen molar-refractivity contribution in [2.75, 3.05) is 26.2 Å². The quantitative estimate of drug-likeness (QED) is 0.849. The molecule has 1 aromatic carbocycles. The lowest BCUT2D eigenvalue weighted by atomic mass is 10.1. The maximum absolute atomic E-state index is 11.9. The molecule has 1 aliphatic rings. The predicted molar refractivity (Wildman–Crippen MR) is 92.9 cm³/mol. The summed E-state index contributed by atoms with van der Waals surface area (Å²) in [5, 5.41) is 4.08. The number of hydrogen-bond donors (Lipinski definition) is 0. The Kier molecular flexibility index (Phi) is 5.33. The Morgan fingerprint density at radius 1 is 1.28 bits per heavy atom. The highest BCUT2D eigenvalue weighted by Gasteiger charge is 2.23. The summed E-state index contributed by atoms with van der Waals surface area (Å²) in [4.78, 5) is 20.3. The third-order valence-electron chi connectivity index (χ3n) is 4.07. The largest absolute Gasteiger partial charge is 0.447 e.